The van der Waals surface area contributed by atoms with Gasteiger partial charge < -0.3 is 0 Å². The van der Waals surface area contributed by atoms with Crippen LogP contribution in [0.5, 0.6) is 0 Å². The predicted molar refractivity (Wildman–Crippen MR) is 62.1 cm³/mol. The normalized spacial score (nSPS) is 10.4. The molecule has 0 fully saturated rings. The van der Waals surface area contributed by atoms with Crippen molar-refractivity contribution in [2.24, 2.45) is 0 Å². The van der Waals surface area contributed by atoms with Crippen LogP contribution in [0.4, 0.5) is 0 Å². The molecule has 82 valence electrons. The van der Waals surface area contributed by atoms with Gasteiger partial charge in [0.1, 0.15) is 17.3 Å². The first-order valence-electron chi connectivity index (χ1n) is 5.08. The zero-order valence-corrected chi connectivity index (χ0v) is 9.65. The molecule has 0 amide bonds. The van der Waals surface area contributed by atoms with Gasteiger partial charge in [0.15, 0.2) is 0 Å². The van der Waals surface area contributed by atoms with Gasteiger partial charge in [-0.1, -0.05) is 18.5 Å². The van der Waals surface area contributed by atoms with Crippen LogP contribution in [0.1, 0.15) is 19.2 Å². The Hall–Kier alpha value is -1.55. The van der Waals surface area contributed by atoms with Crippen molar-refractivity contribution in [3.8, 4) is 11.3 Å². The lowest BCUT2D eigenvalue weighted by Gasteiger charge is -2.03. The molecule has 0 atom stereocenters. The third kappa shape index (κ3) is 2.52. The monoisotopic (exact) mass is 234 g/mol. The number of hydrogen-bond donors (Lipinski definition) is 0. The van der Waals surface area contributed by atoms with Crippen molar-refractivity contribution < 1.29 is 0 Å². The van der Waals surface area contributed by atoms with E-state index < -0.39 is 0 Å². The fraction of sp³-hybridized carbons (Fsp3) is 0.273. The molecule has 0 saturated heterocycles. The molecule has 2 rings (SSSR count). The second-order valence-corrected chi connectivity index (χ2v) is 3.76. The van der Waals surface area contributed by atoms with Gasteiger partial charge in [0.25, 0.3) is 0 Å². The molecule has 16 heavy (non-hydrogen) atoms. The van der Waals surface area contributed by atoms with Gasteiger partial charge in [0, 0.05) is 30.4 Å². The molecule has 4 nitrogen and oxygen atoms in total. The van der Waals surface area contributed by atoms with E-state index in [4.69, 9.17) is 11.6 Å². The molecule has 0 N–H and O–H groups in total. The number of aryl methyl sites for hydroxylation is 1. The number of hydrogen-bond acceptors (Lipinski definition) is 4. The summed E-state index contributed by atoms with van der Waals surface area (Å²) < 4.78 is 0. The minimum absolute atomic E-state index is 0.456. The van der Waals surface area contributed by atoms with Crippen LogP contribution in [0, 0.1) is 0 Å². The summed E-state index contributed by atoms with van der Waals surface area (Å²) in [6.07, 6.45) is 6.72. The van der Waals surface area contributed by atoms with Gasteiger partial charge in [-0.15, -0.1) is 0 Å². The standard InChI is InChI=1S/C11H11ClN4/c1-2-3-11-15-9(4-10(12)16-11)8-5-13-7-14-6-8/h4-7H,2-3H2,1H3. The summed E-state index contributed by atoms with van der Waals surface area (Å²) >= 11 is 5.94. The van der Waals surface area contributed by atoms with E-state index in [1.54, 1.807) is 18.5 Å². The molecular formula is C11H11ClN4. The van der Waals surface area contributed by atoms with Gasteiger partial charge in [-0.3, -0.25) is 0 Å². The molecule has 0 unspecified atom stereocenters. The Bertz CT molecular complexity index is 473. The Morgan fingerprint density at radius 2 is 1.94 bits per heavy atom. The van der Waals surface area contributed by atoms with Gasteiger partial charge in [-0.25, -0.2) is 19.9 Å². The zero-order valence-electron chi connectivity index (χ0n) is 8.89. The third-order valence-corrected chi connectivity index (χ3v) is 2.26. The molecule has 0 saturated carbocycles. The van der Waals surface area contributed by atoms with Crippen LogP contribution in [0.15, 0.2) is 24.8 Å². The summed E-state index contributed by atoms with van der Waals surface area (Å²) in [6, 6.07) is 1.72. The first kappa shape index (κ1) is 11.0. The topological polar surface area (TPSA) is 51.6 Å². The Morgan fingerprint density at radius 1 is 1.19 bits per heavy atom. The second kappa shape index (κ2) is 4.99. The molecule has 2 aromatic heterocycles. The summed E-state index contributed by atoms with van der Waals surface area (Å²) in [6.45, 7) is 2.08. The summed E-state index contributed by atoms with van der Waals surface area (Å²) in [4.78, 5) is 16.5. The maximum Gasteiger partial charge on any atom is 0.133 e. The number of nitrogens with zero attached hydrogens (tertiary/aromatic N) is 4. The largest absolute Gasteiger partial charge is 0.244 e. The minimum atomic E-state index is 0.456. The van der Waals surface area contributed by atoms with Crippen molar-refractivity contribution >= 4 is 11.6 Å². The molecule has 0 aliphatic rings. The van der Waals surface area contributed by atoms with Gasteiger partial charge >= 0.3 is 0 Å². The van der Waals surface area contributed by atoms with E-state index in [1.807, 2.05) is 0 Å². The highest BCUT2D eigenvalue weighted by Crippen LogP contribution is 2.18. The molecule has 2 heterocycles. The number of rotatable bonds is 3. The molecule has 0 aliphatic heterocycles. The molecule has 0 bridgehead atoms. The van der Waals surface area contributed by atoms with Crippen LogP contribution < -0.4 is 0 Å². The van der Waals surface area contributed by atoms with Crippen LogP contribution >= 0.6 is 11.6 Å². The van der Waals surface area contributed by atoms with E-state index in [2.05, 4.69) is 26.9 Å². The predicted octanol–water partition coefficient (Wildman–Crippen LogP) is 2.54. The summed E-state index contributed by atoms with van der Waals surface area (Å²) in [7, 11) is 0. The fourth-order valence-corrected chi connectivity index (χ4v) is 1.58. The average Bonchev–Trinajstić information content (AvgIpc) is 2.30. The molecule has 5 heteroatoms. The van der Waals surface area contributed by atoms with E-state index in [0.717, 1.165) is 29.9 Å². The van der Waals surface area contributed by atoms with E-state index >= 15 is 0 Å². The molecule has 0 aromatic carbocycles. The quantitative estimate of drug-likeness (QED) is 0.766. The summed E-state index contributed by atoms with van der Waals surface area (Å²) in [5.41, 5.74) is 1.62. The van der Waals surface area contributed by atoms with Crippen molar-refractivity contribution in [3.63, 3.8) is 0 Å². The Labute approximate surface area is 98.8 Å². The fourth-order valence-electron chi connectivity index (χ4n) is 1.38. The maximum absolute atomic E-state index is 5.94. The number of halogens is 1. The minimum Gasteiger partial charge on any atom is -0.244 e. The van der Waals surface area contributed by atoms with Crippen LogP contribution in [0.2, 0.25) is 5.15 Å². The lowest BCUT2D eigenvalue weighted by Crippen LogP contribution is -1.97. The first-order chi connectivity index (χ1) is 7.79. The van der Waals surface area contributed by atoms with Gasteiger partial charge in [-0.2, -0.15) is 0 Å². The number of aromatic nitrogens is 4. The van der Waals surface area contributed by atoms with Crippen molar-refractivity contribution in [1.82, 2.24) is 19.9 Å². The summed E-state index contributed by atoms with van der Waals surface area (Å²) in [5, 5.41) is 0.456. The Kier molecular flexibility index (Phi) is 3.41. The highest BCUT2D eigenvalue weighted by Gasteiger charge is 2.05. The van der Waals surface area contributed by atoms with E-state index in [-0.39, 0.29) is 0 Å². The smallest absolute Gasteiger partial charge is 0.133 e. The van der Waals surface area contributed by atoms with Crippen molar-refractivity contribution in [2.45, 2.75) is 19.8 Å². The molecule has 2 aromatic rings. The van der Waals surface area contributed by atoms with Gasteiger partial charge in [-0.05, 0) is 6.42 Å². The highest BCUT2D eigenvalue weighted by atomic mass is 35.5. The zero-order chi connectivity index (χ0) is 11.4. The second-order valence-electron chi connectivity index (χ2n) is 3.37. The molecule has 0 spiro atoms. The maximum atomic E-state index is 5.94. The SMILES string of the molecule is CCCc1nc(Cl)cc(-c2cncnc2)n1. The van der Waals surface area contributed by atoms with Crippen LogP contribution in [0.3, 0.4) is 0 Å². The van der Waals surface area contributed by atoms with Gasteiger partial charge in [0.2, 0.25) is 0 Å². The van der Waals surface area contributed by atoms with Crippen LogP contribution in [-0.4, -0.2) is 19.9 Å². The van der Waals surface area contributed by atoms with Crippen LogP contribution in [0.25, 0.3) is 11.3 Å². The van der Waals surface area contributed by atoms with Gasteiger partial charge in [0.05, 0.1) is 5.69 Å². The average molecular weight is 235 g/mol. The molecule has 0 aliphatic carbocycles. The molecular weight excluding hydrogens is 224 g/mol. The van der Waals surface area contributed by atoms with Crippen molar-refractivity contribution in [3.05, 3.63) is 35.8 Å². The van der Waals surface area contributed by atoms with Crippen molar-refractivity contribution in [2.75, 3.05) is 0 Å². The van der Waals surface area contributed by atoms with Crippen molar-refractivity contribution in [1.29, 1.82) is 0 Å². The third-order valence-electron chi connectivity index (χ3n) is 2.07. The molecule has 0 radical (unpaired) electrons. The van der Waals surface area contributed by atoms with Crippen LogP contribution in [-0.2, 0) is 6.42 Å². The first-order valence-corrected chi connectivity index (χ1v) is 5.46. The Balaban J connectivity index is 2.41. The van der Waals surface area contributed by atoms with E-state index in [0.29, 0.717) is 5.15 Å². The highest BCUT2D eigenvalue weighted by molar-refractivity contribution is 6.29. The lowest BCUT2D eigenvalue weighted by molar-refractivity contribution is 0.836. The lowest BCUT2D eigenvalue weighted by atomic mass is 10.2. The van der Waals surface area contributed by atoms with E-state index in [9.17, 15) is 0 Å². The Morgan fingerprint density at radius 3 is 2.62 bits per heavy atom. The summed E-state index contributed by atoms with van der Waals surface area (Å²) in [5.74, 6) is 0.758. The van der Waals surface area contributed by atoms with E-state index in [1.165, 1.54) is 6.33 Å².